The molecule has 1 atom stereocenters. The molecule has 1 aromatic rings. The van der Waals surface area contributed by atoms with Gasteiger partial charge in [-0.3, -0.25) is 0 Å². The lowest BCUT2D eigenvalue weighted by molar-refractivity contribution is -0.147. The SMILES string of the molecule is Cc1cc(Cl)ccc1C(O)C(=O)O. The van der Waals surface area contributed by atoms with E-state index in [9.17, 15) is 9.90 Å². The lowest BCUT2D eigenvalue weighted by Gasteiger charge is -2.08. The van der Waals surface area contributed by atoms with Gasteiger partial charge in [0.1, 0.15) is 0 Å². The fourth-order valence-electron chi connectivity index (χ4n) is 1.08. The summed E-state index contributed by atoms with van der Waals surface area (Å²) in [6.45, 7) is 1.70. The Morgan fingerprint density at radius 2 is 2.15 bits per heavy atom. The van der Waals surface area contributed by atoms with Crippen molar-refractivity contribution in [3.05, 3.63) is 34.3 Å². The highest BCUT2D eigenvalue weighted by atomic mass is 35.5. The third-order valence-electron chi connectivity index (χ3n) is 1.76. The highest BCUT2D eigenvalue weighted by Crippen LogP contribution is 2.21. The van der Waals surface area contributed by atoms with Crippen molar-refractivity contribution in [2.75, 3.05) is 0 Å². The molecular formula is C9H9ClO3. The molecule has 0 aliphatic carbocycles. The third kappa shape index (κ3) is 2.20. The van der Waals surface area contributed by atoms with Gasteiger partial charge in [0, 0.05) is 5.02 Å². The molecule has 0 aliphatic rings. The molecule has 0 amide bonds. The Bertz CT molecular complexity index is 336. The summed E-state index contributed by atoms with van der Waals surface area (Å²) in [5, 5.41) is 18.3. The van der Waals surface area contributed by atoms with Crippen LogP contribution in [0.4, 0.5) is 0 Å². The summed E-state index contributed by atoms with van der Waals surface area (Å²) < 4.78 is 0. The first-order valence-corrected chi connectivity index (χ1v) is 4.07. The first-order valence-electron chi connectivity index (χ1n) is 3.69. The van der Waals surface area contributed by atoms with Gasteiger partial charge in [-0.2, -0.15) is 0 Å². The molecule has 1 aromatic carbocycles. The summed E-state index contributed by atoms with van der Waals surface area (Å²) >= 11 is 5.67. The van der Waals surface area contributed by atoms with E-state index in [-0.39, 0.29) is 0 Å². The van der Waals surface area contributed by atoms with Crippen molar-refractivity contribution >= 4 is 17.6 Å². The number of rotatable bonds is 2. The van der Waals surface area contributed by atoms with Gasteiger partial charge >= 0.3 is 5.97 Å². The van der Waals surface area contributed by atoms with E-state index in [2.05, 4.69) is 0 Å². The number of aliphatic carboxylic acids is 1. The molecule has 0 spiro atoms. The Kier molecular flexibility index (Phi) is 2.90. The average Bonchev–Trinajstić information content (AvgIpc) is 2.03. The Labute approximate surface area is 80.6 Å². The van der Waals surface area contributed by atoms with Crippen LogP contribution in [0.3, 0.4) is 0 Å². The van der Waals surface area contributed by atoms with Crippen LogP contribution in [0, 0.1) is 6.92 Å². The van der Waals surface area contributed by atoms with Crippen molar-refractivity contribution < 1.29 is 15.0 Å². The van der Waals surface area contributed by atoms with Crippen LogP contribution in [0.1, 0.15) is 17.2 Å². The van der Waals surface area contributed by atoms with Crippen LogP contribution in [0.25, 0.3) is 0 Å². The van der Waals surface area contributed by atoms with E-state index in [4.69, 9.17) is 16.7 Å². The van der Waals surface area contributed by atoms with Crippen molar-refractivity contribution in [3.8, 4) is 0 Å². The van der Waals surface area contributed by atoms with Crippen LogP contribution >= 0.6 is 11.6 Å². The maximum atomic E-state index is 10.5. The van der Waals surface area contributed by atoms with Crippen molar-refractivity contribution in [1.29, 1.82) is 0 Å². The number of carbonyl (C=O) groups is 1. The summed E-state index contributed by atoms with van der Waals surface area (Å²) in [4.78, 5) is 10.5. The number of aryl methyl sites for hydroxylation is 1. The van der Waals surface area contributed by atoms with Gasteiger partial charge in [-0.25, -0.2) is 4.79 Å². The molecule has 3 nitrogen and oxygen atoms in total. The molecule has 0 bridgehead atoms. The predicted octanol–water partition coefficient (Wildman–Crippen LogP) is 1.77. The van der Waals surface area contributed by atoms with E-state index >= 15 is 0 Å². The van der Waals surface area contributed by atoms with Crippen molar-refractivity contribution in [2.24, 2.45) is 0 Å². The molecular weight excluding hydrogens is 192 g/mol. The molecule has 4 heteroatoms. The largest absolute Gasteiger partial charge is 0.479 e. The predicted molar refractivity (Wildman–Crippen MR) is 48.8 cm³/mol. The van der Waals surface area contributed by atoms with E-state index in [1.165, 1.54) is 6.07 Å². The van der Waals surface area contributed by atoms with Crippen LogP contribution in [0.2, 0.25) is 5.02 Å². The second kappa shape index (κ2) is 3.77. The fraction of sp³-hybridized carbons (Fsp3) is 0.222. The molecule has 2 N–H and O–H groups in total. The molecule has 0 saturated carbocycles. The minimum atomic E-state index is -1.47. The minimum Gasteiger partial charge on any atom is -0.479 e. The van der Waals surface area contributed by atoms with E-state index in [0.717, 1.165) is 0 Å². The van der Waals surface area contributed by atoms with Crippen molar-refractivity contribution in [1.82, 2.24) is 0 Å². The smallest absolute Gasteiger partial charge is 0.337 e. The summed E-state index contributed by atoms with van der Waals surface area (Å²) in [6, 6.07) is 4.68. The average molecular weight is 201 g/mol. The standard InChI is InChI=1S/C9H9ClO3/c1-5-4-6(10)2-3-7(5)8(11)9(12)13/h2-4,8,11H,1H3,(H,12,13). The first kappa shape index (κ1) is 10.0. The van der Waals surface area contributed by atoms with Gasteiger partial charge < -0.3 is 10.2 Å². The molecule has 0 aromatic heterocycles. The number of carboxylic acid groups (broad SMARTS) is 1. The molecule has 1 rings (SSSR count). The molecule has 70 valence electrons. The maximum Gasteiger partial charge on any atom is 0.337 e. The highest BCUT2D eigenvalue weighted by Gasteiger charge is 2.17. The number of halogens is 1. The van der Waals surface area contributed by atoms with Crippen LogP contribution < -0.4 is 0 Å². The summed E-state index contributed by atoms with van der Waals surface area (Å²) in [6.07, 6.45) is -1.47. The minimum absolute atomic E-state index is 0.372. The Balaban J connectivity index is 3.08. The number of aliphatic hydroxyl groups excluding tert-OH is 1. The molecule has 1 unspecified atom stereocenters. The molecule has 0 radical (unpaired) electrons. The third-order valence-corrected chi connectivity index (χ3v) is 2.00. The molecule has 13 heavy (non-hydrogen) atoms. The van der Waals surface area contributed by atoms with E-state index in [0.29, 0.717) is 16.1 Å². The summed E-state index contributed by atoms with van der Waals surface area (Å²) in [7, 11) is 0. The van der Waals surface area contributed by atoms with E-state index in [1.54, 1.807) is 19.1 Å². The Morgan fingerprint density at radius 1 is 1.54 bits per heavy atom. The second-order valence-electron chi connectivity index (χ2n) is 2.74. The van der Waals surface area contributed by atoms with Crippen molar-refractivity contribution in [2.45, 2.75) is 13.0 Å². The quantitative estimate of drug-likeness (QED) is 0.765. The lowest BCUT2D eigenvalue weighted by Crippen LogP contribution is -2.11. The first-order chi connectivity index (χ1) is 6.02. The zero-order valence-corrected chi connectivity index (χ0v) is 7.75. The second-order valence-corrected chi connectivity index (χ2v) is 3.18. The summed E-state index contributed by atoms with van der Waals surface area (Å²) in [5.41, 5.74) is 1.04. The maximum absolute atomic E-state index is 10.5. The monoisotopic (exact) mass is 200 g/mol. The lowest BCUT2D eigenvalue weighted by atomic mass is 10.0. The molecule has 0 heterocycles. The highest BCUT2D eigenvalue weighted by molar-refractivity contribution is 6.30. The number of carboxylic acids is 1. The topological polar surface area (TPSA) is 57.5 Å². The zero-order valence-electron chi connectivity index (χ0n) is 6.99. The van der Waals surface area contributed by atoms with Gasteiger partial charge in [-0.1, -0.05) is 17.7 Å². The van der Waals surface area contributed by atoms with Gasteiger partial charge in [0.05, 0.1) is 0 Å². The number of hydrogen-bond donors (Lipinski definition) is 2. The fourth-order valence-corrected chi connectivity index (χ4v) is 1.31. The summed E-state index contributed by atoms with van der Waals surface area (Å²) in [5.74, 6) is -1.26. The van der Waals surface area contributed by atoms with E-state index in [1.807, 2.05) is 0 Å². The Hall–Kier alpha value is -1.06. The van der Waals surface area contributed by atoms with Gasteiger partial charge in [0.25, 0.3) is 0 Å². The van der Waals surface area contributed by atoms with Gasteiger partial charge in [0.2, 0.25) is 0 Å². The zero-order chi connectivity index (χ0) is 10.0. The normalized spacial score (nSPS) is 12.5. The molecule has 0 aliphatic heterocycles. The van der Waals surface area contributed by atoms with Crippen LogP contribution in [0.15, 0.2) is 18.2 Å². The van der Waals surface area contributed by atoms with E-state index < -0.39 is 12.1 Å². The molecule has 0 fully saturated rings. The van der Waals surface area contributed by atoms with Gasteiger partial charge in [-0.05, 0) is 30.2 Å². The van der Waals surface area contributed by atoms with Crippen molar-refractivity contribution in [3.63, 3.8) is 0 Å². The molecule has 0 saturated heterocycles. The van der Waals surface area contributed by atoms with Crippen LogP contribution in [0.5, 0.6) is 0 Å². The number of benzene rings is 1. The number of hydrogen-bond acceptors (Lipinski definition) is 2. The number of aliphatic hydroxyl groups is 1. The Morgan fingerprint density at radius 3 is 2.62 bits per heavy atom. The van der Waals surface area contributed by atoms with Crippen LogP contribution in [-0.4, -0.2) is 16.2 Å². The van der Waals surface area contributed by atoms with Crippen LogP contribution in [-0.2, 0) is 4.79 Å². The van der Waals surface area contributed by atoms with Gasteiger partial charge in [-0.15, -0.1) is 0 Å². The van der Waals surface area contributed by atoms with Gasteiger partial charge in [0.15, 0.2) is 6.10 Å².